The Kier molecular flexibility index (Phi) is 4.06. The molecule has 118 valence electrons. The minimum atomic E-state index is 0.845. The van der Waals surface area contributed by atoms with Crippen LogP contribution in [-0.4, -0.2) is 18.8 Å². The van der Waals surface area contributed by atoms with E-state index in [-0.39, 0.29) is 0 Å². The smallest absolute Gasteiger partial charge is 0.254 e. The molecule has 0 N–H and O–H groups in total. The third-order valence-electron chi connectivity index (χ3n) is 4.17. The van der Waals surface area contributed by atoms with Gasteiger partial charge in [-0.2, -0.15) is 9.13 Å². The molecule has 0 bridgehead atoms. The molecule has 0 saturated carbocycles. The maximum atomic E-state index is 5.50. The highest BCUT2D eigenvalue weighted by Gasteiger charge is 2.23. The van der Waals surface area contributed by atoms with E-state index in [0.29, 0.717) is 0 Å². The minimum absolute atomic E-state index is 0.845. The normalized spacial score (nSPS) is 10.6. The molecule has 4 heteroatoms. The van der Waals surface area contributed by atoms with Crippen LogP contribution in [0.4, 0.5) is 0 Å². The Morgan fingerprint density at radius 2 is 1.43 bits per heavy atom. The number of hydrogen-bond donors (Lipinski definition) is 0. The molecule has 0 unspecified atom stereocenters. The summed E-state index contributed by atoms with van der Waals surface area (Å²) in [5.41, 5.74) is 4.34. The molecule has 2 aromatic carbocycles. The molecule has 0 aliphatic rings. The summed E-state index contributed by atoms with van der Waals surface area (Å²) in [6.45, 7) is 4.21. The molecule has 1 aromatic heterocycles. The van der Waals surface area contributed by atoms with Crippen molar-refractivity contribution in [2.24, 2.45) is 0 Å². The van der Waals surface area contributed by atoms with Gasteiger partial charge in [0.25, 0.3) is 6.33 Å². The molecule has 0 aliphatic carbocycles. The number of para-hydroxylation sites is 4. The summed E-state index contributed by atoms with van der Waals surface area (Å²) in [7, 11) is 3.39. The van der Waals surface area contributed by atoms with Crippen molar-refractivity contribution in [2.45, 2.75) is 13.8 Å². The van der Waals surface area contributed by atoms with Crippen molar-refractivity contribution in [3.63, 3.8) is 0 Å². The zero-order valence-electron chi connectivity index (χ0n) is 13.9. The van der Waals surface area contributed by atoms with Crippen molar-refractivity contribution >= 4 is 0 Å². The van der Waals surface area contributed by atoms with Crippen LogP contribution in [0.5, 0.6) is 11.5 Å². The average molecular weight is 309 g/mol. The van der Waals surface area contributed by atoms with Gasteiger partial charge in [0.1, 0.15) is 11.4 Å². The fraction of sp³-hybridized carbons (Fsp3) is 0.211. The van der Waals surface area contributed by atoms with Crippen LogP contribution >= 0.6 is 0 Å². The van der Waals surface area contributed by atoms with Gasteiger partial charge in [0.05, 0.1) is 14.2 Å². The summed E-state index contributed by atoms with van der Waals surface area (Å²) >= 11 is 0. The van der Waals surface area contributed by atoms with E-state index in [9.17, 15) is 0 Å². The third kappa shape index (κ3) is 2.57. The maximum Gasteiger partial charge on any atom is 0.254 e. The van der Waals surface area contributed by atoms with E-state index < -0.39 is 0 Å². The Bertz CT molecular complexity index is 769. The monoisotopic (exact) mass is 309 g/mol. The first-order valence-electron chi connectivity index (χ1n) is 7.54. The van der Waals surface area contributed by atoms with E-state index in [2.05, 4.69) is 41.4 Å². The fourth-order valence-corrected chi connectivity index (χ4v) is 2.78. The molecule has 0 aliphatic heterocycles. The standard InChI is InChI=1S/C19H21N2O2/c1-14-15(2)21(17-10-6-8-12-19(17)23-4)13-20(14)16-9-5-7-11-18(16)22-3/h5-13H,1-4H3/q+1. The predicted molar refractivity (Wildman–Crippen MR) is 89.9 cm³/mol. The number of aromatic nitrogens is 2. The van der Waals surface area contributed by atoms with Crippen LogP contribution < -0.4 is 14.0 Å². The van der Waals surface area contributed by atoms with Crippen molar-refractivity contribution in [3.8, 4) is 22.9 Å². The highest BCUT2D eigenvalue weighted by atomic mass is 16.5. The number of nitrogens with zero attached hydrogens (tertiary/aromatic N) is 2. The Hall–Kier alpha value is -2.75. The van der Waals surface area contributed by atoms with E-state index in [1.165, 1.54) is 0 Å². The number of methoxy groups -OCH3 is 2. The zero-order valence-corrected chi connectivity index (χ0v) is 13.9. The van der Waals surface area contributed by atoms with E-state index in [4.69, 9.17) is 9.47 Å². The second-order valence-electron chi connectivity index (χ2n) is 5.37. The minimum Gasteiger partial charge on any atom is -0.492 e. The molecule has 3 rings (SSSR count). The van der Waals surface area contributed by atoms with Crippen molar-refractivity contribution < 1.29 is 14.0 Å². The summed E-state index contributed by atoms with van der Waals surface area (Å²) in [5, 5.41) is 0. The van der Waals surface area contributed by atoms with Crippen LogP contribution in [-0.2, 0) is 0 Å². The van der Waals surface area contributed by atoms with E-state index in [1.54, 1.807) is 14.2 Å². The van der Waals surface area contributed by atoms with Crippen LogP contribution in [0.15, 0.2) is 54.9 Å². The van der Waals surface area contributed by atoms with Gasteiger partial charge in [-0.15, -0.1) is 0 Å². The van der Waals surface area contributed by atoms with Gasteiger partial charge in [0.2, 0.25) is 0 Å². The maximum absolute atomic E-state index is 5.50. The molecule has 1 heterocycles. The van der Waals surface area contributed by atoms with E-state index in [0.717, 1.165) is 34.3 Å². The van der Waals surface area contributed by atoms with E-state index >= 15 is 0 Å². The van der Waals surface area contributed by atoms with Crippen LogP contribution in [0.1, 0.15) is 11.4 Å². The first-order valence-corrected chi connectivity index (χ1v) is 7.54. The largest absolute Gasteiger partial charge is 0.492 e. The number of ether oxygens (including phenoxy) is 2. The molecular formula is C19H21N2O2+. The summed E-state index contributed by atoms with van der Waals surface area (Å²) in [5.74, 6) is 1.69. The molecule has 3 aromatic rings. The Balaban J connectivity index is 2.20. The number of rotatable bonds is 4. The quantitative estimate of drug-likeness (QED) is 0.691. The van der Waals surface area contributed by atoms with Crippen LogP contribution in [0.3, 0.4) is 0 Å². The van der Waals surface area contributed by atoms with Gasteiger partial charge in [-0.25, -0.2) is 0 Å². The third-order valence-corrected chi connectivity index (χ3v) is 4.17. The molecular weight excluding hydrogens is 288 g/mol. The second-order valence-corrected chi connectivity index (χ2v) is 5.37. The summed E-state index contributed by atoms with van der Waals surface area (Å²) in [4.78, 5) is 0. The lowest BCUT2D eigenvalue weighted by molar-refractivity contribution is -0.602. The van der Waals surface area contributed by atoms with Crippen molar-refractivity contribution in [3.05, 3.63) is 66.2 Å². The molecule has 0 radical (unpaired) electrons. The first kappa shape index (κ1) is 15.2. The molecule has 23 heavy (non-hydrogen) atoms. The lowest BCUT2D eigenvalue weighted by Crippen LogP contribution is -2.32. The summed E-state index contributed by atoms with van der Waals surface area (Å²) in [6.07, 6.45) is 2.07. The fourth-order valence-electron chi connectivity index (χ4n) is 2.78. The van der Waals surface area contributed by atoms with Gasteiger partial charge in [-0.3, -0.25) is 0 Å². The van der Waals surface area contributed by atoms with Crippen LogP contribution in [0, 0.1) is 13.8 Å². The highest BCUT2D eigenvalue weighted by molar-refractivity contribution is 5.48. The zero-order chi connectivity index (χ0) is 16.4. The Morgan fingerprint density at radius 1 is 0.826 bits per heavy atom. The van der Waals surface area contributed by atoms with Crippen molar-refractivity contribution in [1.29, 1.82) is 0 Å². The Labute approximate surface area is 136 Å². The van der Waals surface area contributed by atoms with Gasteiger partial charge in [0.15, 0.2) is 22.9 Å². The van der Waals surface area contributed by atoms with Gasteiger partial charge >= 0.3 is 0 Å². The van der Waals surface area contributed by atoms with Crippen LogP contribution in [0.2, 0.25) is 0 Å². The molecule has 0 fully saturated rings. The summed E-state index contributed by atoms with van der Waals surface area (Å²) < 4.78 is 15.3. The van der Waals surface area contributed by atoms with E-state index in [1.807, 2.05) is 36.4 Å². The average Bonchev–Trinajstić information content (AvgIpc) is 2.90. The molecule has 0 amide bonds. The number of imidazole rings is 1. The van der Waals surface area contributed by atoms with Crippen LogP contribution in [0.25, 0.3) is 11.4 Å². The number of benzene rings is 2. The molecule has 0 atom stereocenters. The van der Waals surface area contributed by atoms with Crippen molar-refractivity contribution in [2.75, 3.05) is 14.2 Å². The summed E-state index contributed by atoms with van der Waals surface area (Å²) in [6, 6.07) is 16.0. The highest BCUT2D eigenvalue weighted by Crippen LogP contribution is 2.25. The van der Waals surface area contributed by atoms with Gasteiger partial charge < -0.3 is 9.47 Å². The predicted octanol–water partition coefficient (Wildman–Crippen LogP) is 3.39. The van der Waals surface area contributed by atoms with Gasteiger partial charge in [0, 0.05) is 13.8 Å². The first-order chi connectivity index (χ1) is 11.2. The molecule has 0 spiro atoms. The van der Waals surface area contributed by atoms with Gasteiger partial charge in [-0.1, -0.05) is 24.3 Å². The topological polar surface area (TPSA) is 27.3 Å². The second kappa shape index (κ2) is 6.16. The lowest BCUT2D eigenvalue weighted by atomic mass is 10.2. The van der Waals surface area contributed by atoms with Crippen molar-refractivity contribution in [1.82, 2.24) is 4.57 Å². The molecule has 0 saturated heterocycles. The molecule has 4 nitrogen and oxygen atoms in total. The lowest BCUT2D eigenvalue weighted by Gasteiger charge is -2.05. The number of hydrogen-bond acceptors (Lipinski definition) is 2. The SMILES string of the molecule is COc1ccccc1-n1c[n+](-c2ccccc2OC)c(C)c1C. The Morgan fingerprint density at radius 3 is 2.13 bits per heavy atom. The van der Waals surface area contributed by atoms with Gasteiger partial charge in [-0.05, 0) is 24.3 Å².